The molecule has 1 aliphatic heterocycles. The van der Waals surface area contributed by atoms with Crippen LogP contribution in [0.15, 0.2) is 0 Å². The third-order valence-electron chi connectivity index (χ3n) is 3.28. The fourth-order valence-electron chi connectivity index (χ4n) is 2.40. The summed E-state index contributed by atoms with van der Waals surface area (Å²) in [6, 6.07) is 0. The third-order valence-corrected chi connectivity index (χ3v) is 4.58. The molecule has 2 N–H and O–H groups in total. The lowest BCUT2D eigenvalue weighted by molar-refractivity contribution is -0.134. The smallest absolute Gasteiger partial charge is 0.425 e. The molecule has 0 radical (unpaired) electrons. The molecule has 0 atom stereocenters. The molecule has 2 rings (SSSR count). The highest BCUT2D eigenvalue weighted by Crippen LogP contribution is 2.42. The van der Waals surface area contributed by atoms with Crippen LogP contribution in [0, 0.1) is 0 Å². The zero-order valence-corrected chi connectivity index (χ0v) is 13.5. The largest absolute Gasteiger partial charge is 0.444 e. The van der Waals surface area contributed by atoms with Crippen molar-refractivity contribution in [3.05, 3.63) is 20.9 Å². The molecule has 1 aromatic heterocycles. The molecule has 0 fully saturated rings. The van der Waals surface area contributed by atoms with Crippen LogP contribution in [0.4, 0.5) is 18.0 Å². The minimum Gasteiger partial charge on any atom is -0.444 e. The van der Waals surface area contributed by atoms with Crippen molar-refractivity contribution >= 4 is 17.4 Å². The van der Waals surface area contributed by atoms with Crippen LogP contribution < -0.4 is 5.73 Å². The van der Waals surface area contributed by atoms with Gasteiger partial charge in [0, 0.05) is 18.0 Å². The molecular weight excluding hydrogens is 317 g/mol. The van der Waals surface area contributed by atoms with E-state index in [1.807, 2.05) is 0 Å². The molecule has 1 aromatic rings. The first-order chi connectivity index (χ1) is 10.0. The number of hydrogen-bond donors (Lipinski definition) is 1. The van der Waals surface area contributed by atoms with Crippen LogP contribution in [0.2, 0.25) is 0 Å². The van der Waals surface area contributed by atoms with Crippen LogP contribution in [0.3, 0.4) is 0 Å². The zero-order chi connectivity index (χ0) is 16.7. The van der Waals surface area contributed by atoms with Crippen LogP contribution in [0.25, 0.3) is 0 Å². The summed E-state index contributed by atoms with van der Waals surface area (Å²) in [5, 5.41) is 0. The van der Waals surface area contributed by atoms with Crippen molar-refractivity contribution in [2.75, 3.05) is 6.54 Å². The highest BCUT2D eigenvalue weighted by atomic mass is 32.1. The quantitative estimate of drug-likeness (QED) is 0.854. The van der Waals surface area contributed by atoms with E-state index >= 15 is 0 Å². The van der Waals surface area contributed by atoms with Crippen molar-refractivity contribution in [2.45, 2.75) is 52.1 Å². The molecule has 8 heteroatoms. The fourth-order valence-corrected chi connectivity index (χ4v) is 3.66. The van der Waals surface area contributed by atoms with Gasteiger partial charge in [-0.25, -0.2) is 4.79 Å². The number of thiophene rings is 1. The average molecular weight is 336 g/mol. The summed E-state index contributed by atoms with van der Waals surface area (Å²) in [7, 11) is 0. The molecule has 1 aliphatic rings. The van der Waals surface area contributed by atoms with Crippen LogP contribution in [0.5, 0.6) is 0 Å². The summed E-state index contributed by atoms with van der Waals surface area (Å²) >= 11 is 0.678. The van der Waals surface area contributed by atoms with Gasteiger partial charge in [0.2, 0.25) is 0 Å². The Bertz CT molecular complexity index is 576. The molecule has 22 heavy (non-hydrogen) atoms. The van der Waals surface area contributed by atoms with E-state index in [-0.39, 0.29) is 18.7 Å². The highest BCUT2D eigenvalue weighted by molar-refractivity contribution is 7.12. The van der Waals surface area contributed by atoms with Crippen LogP contribution in [-0.4, -0.2) is 23.1 Å². The number of nitrogens with zero attached hydrogens (tertiary/aromatic N) is 1. The lowest BCUT2D eigenvalue weighted by atomic mass is 10.0. The molecule has 124 valence electrons. The number of fused-ring (bicyclic) bond motifs is 1. The van der Waals surface area contributed by atoms with E-state index in [4.69, 9.17) is 10.5 Å². The minimum atomic E-state index is -4.41. The molecule has 0 saturated carbocycles. The first kappa shape index (κ1) is 17.1. The maximum absolute atomic E-state index is 13.0. The topological polar surface area (TPSA) is 55.6 Å². The fraction of sp³-hybridized carbons (Fsp3) is 0.643. The van der Waals surface area contributed by atoms with Gasteiger partial charge in [-0.1, -0.05) is 0 Å². The Morgan fingerprint density at radius 1 is 1.36 bits per heavy atom. The monoisotopic (exact) mass is 336 g/mol. The predicted molar refractivity (Wildman–Crippen MR) is 77.6 cm³/mol. The summed E-state index contributed by atoms with van der Waals surface area (Å²) < 4.78 is 44.4. The van der Waals surface area contributed by atoms with E-state index < -0.39 is 22.7 Å². The number of amides is 1. The Hall–Kier alpha value is -1.28. The van der Waals surface area contributed by atoms with Crippen molar-refractivity contribution in [3.63, 3.8) is 0 Å². The Morgan fingerprint density at radius 2 is 2.00 bits per heavy atom. The highest BCUT2D eigenvalue weighted by Gasteiger charge is 2.39. The zero-order valence-electron chi connectivity index (χ0n) is 12.7. The summed E-state index contributed by atoms with van der Waals surface area (Å²) in [6.45, 7) is 5.58. The van der Waals surface area contributed by atoms with E-state index in [2.05, 4.69) is 0 Å². The first-order valence-electron chi connectivity index (χ1n) is 6.91. The molecule has 0 saturated heterocycles. The lowest BCUT2D eigenvalue weighted by Gasteiger charge is -2.30. The number of alkyl halides is 3. The minimum absolute atomic E-state index is 0.137. The van der Waals surface area contributed by atoms with Gasteiger partial charge in [-0.15, -0.1) is 11.3 Å². The van der Waals surface area contributed by atoms with Gasteiger partial charge in [0.15, 0.2) is 0 Å². The Kier molecular flexibility index (Phi) is 4.45. The van der Waals surface area contributed by atoms with Crippen molar-refractivity contribution in [1.82, 2.24) is 4.90 Å². The summed E-state index contributed by atoms with van der Waals surface area (Å²) in [4.78, 5) is 13.4. The molecular formula is C14H19F3N2O2S. The molecule has 0 spiro atoms. The number of hydrogen-bond acceptors (Lipinski definition) is 4. The first-order valence-corrected chi connectivity index (χ1v) is 7.73. The number of halogens is 3. The molecule has 1 amide bonds. The normalized spacial score (nSPS) is 15.7. The van der Waals surface area contributed by atoms with Gasteiger partial charge in [0.05, 0.1) is 6.54 Å². The summed E-state index contributed by atoms with van der Waals surface area (Å²) in [6.07, 6.45) is -4.55. The number of carbonyl (C=O) groups is 1. The molecule has 0 bridgehead atoms. The second kappa shape index (κ2) is 5.73. The molecule has 4 nitrogen and oxygen atoms in total. The van der Waals surface area contributed by atoms with Crippen LogP contribution in [0.1, 0.15) is 41.7 Å². The van der Waals surface area contributed by atoms with E-state index in [0.717, 1.165) is 0 Å². The summed E-state index contributed by atoms with van der Waals surface area (Å²) in [5.41, 5.74) is 5.66. The second-order valence-corrected chi connectivity index (χ2v) is 7.27. The predicted octanol–water partition coefficient (Wildman–Crippen LogP) is 3.52. The Balaban J connectivity index is 2.25. The van der Waals surface area contributed by atoms with Gasteiger partial charge in [-0.2, -0.15) is 13.2 Å². The van der Waals surface area contributed by atoms with Crippen molar-refractivity contribution in [1.29, 1.82) is 0 Å². The van der Waals surface area contributed by atoms with Gasteiger partial charge in [-0.3, -0.25) is 0 Å². The van der Waals surface area contributed by atoms with E-state index in [1.165, 1.54) is 4.90 Å². The standard InChI is InChI=1S/C14H19F3N2O2S/c1-13(2,3)21-12(20)19-5-4-8-9(6-18)11(14(15,16)17)22-10(8)7-19/h4-7,18H2,1-3H3. The van der Waals surface area contributed by atoms with Crippen molar-refractivity contribution < 1.29 is 22.7 Å². The SMILES string of the molecule is CC(C)(C)OC(=O)N1CCc2c(sc(C(F)(F)F)c2CN)C1. The second-order valence-electron chi connectivity index (χ2n) is 6.17. The van der Waals surface area contributed by atoms with E-state index in [1.54, 1.807) is 20.8 Å². The molecule has 2 heterocycles. The van der Waals surface area contributed by atoms with Gasteiger partial charge in [-0.05, 0) is 38.3 Å². The van der Waals surface area contributed by atoms with E-state index in [9.17, 15) is 18.0 Å². The molecule has 0 aliphatic carbocycles. The summed E-state index contributed by atoms with van der Waals surface area (Å²) in [5.74, 6) is 0. The average Bonchev–Trinajstić information content (AvgIpc) is 2.73. The van der Waals surface area contributed by atoms with Gasteiger partial charge < -0.3 is 15.4 Å². The number of rotatable bonds is 1. The Morgan fingerprint density at radius 3 is 2.50 bits per heavy atom. The van der Waals surface area contributed by atoms with E-state index in [0.29, 0.717) is 34.7 Å². The van der Waals surface area contributed by atoms with Gasteiger partial charge in [0.1, 0.15) is 10.5 Å². The van der Waals surface area contributed by atoms with Crippen molar-refractivity contribution in [3.8, 4) is 0 Å². The lowest BCUT2D eigenvalue weighted by Crippen LogP contribution is -2.39. The maximum Gasteiger partial charge on any atom is 0.425 e. The third kappa shape index (κ3) is 3.55. The van der Waals surface area contributed by atoms with Crippen LogP contribution in [-0.2, 0) is 30.4 Å². The van der Waals surface area contributed by atoms with Crippen LogP contribution >= 0.6 is 11.3 Å². The maximum atomic E-state index is 13.0. The van der Waals surface area contributed by atoms with Crippen molar-refractivity contribution in [2.24, 2.45) is 5.73 Å². The number of ether oxygens (including phenoxy) is 1. The Labute approximate surface area is 131 Å². The number of carbonyl (C=O) groups excluding carboxylic acids is 1. The number of nitrogens with two attached hydrogens (primary N) is 1. The van der Waals surface area contributed by atoms with Gasteiger partial charge in [0.25, 0.3) is 0 Å². The molecule has 0 unspecified atom stereocenters. The van der Waals surface area contributed by atoms with Gasteiger partial charge >= 0.3 is 12.3 Å². The molecule has 0 aromatic carbocycles.